The largest absolute Gasteiger partial charge is 0.493 e. The number of hydrogen-bond acceptors (Lipinski definition) is 9. The van der Waals surface area contributed by atoms with E-state index in [1.54, 1.807) is 36.4 Å². The molecule has 11 nitrogen and oxygen atoms in total. The summed E-state index contributed by atoms with van der Waals surface area (Å²) in [5.74, 6) is -0.286. The van der Waals surface area contributed by atoms with Crippen molar-refractivity contribution in [1.82, 2.24) is 10.7 Å². The van der Waals surface area contributed by atoms with Gasteiger partial charge in [0.15, 0.2) is 23.0 Å². The second-order valence-electron chi connectivity index (χ2n) is 7.70. The van der Waals surface area contributed by atoms with Gasteiger partial charge in [-0.15, -0.1) is 0 Å². The lowest BCUT2D eigenvalue weighted by Crippen LogP contribution is -2.34. The number of esters is 1. The van der Waals surface area contributed by atoms with Crippen LogP contribution in [0.5, 0.6) is 28.7 Å². The maximum Gasteiger partial charge on any atom is 0.343 e. The Morgan fingerprint density at radius 2 is 1.44 bits per heavy atom. The highest BCUT2D eigenvalue weighted by Gasteiger charge is 2.19. The number of halogens is 1. The molecular formula is C27H26ClN3O8. The second kappa shape index (κ2) is 13.7. The van der Waals surface area contributed by atoms with Crippen molar-refractivity contribution in [2.24, 2.45) is 5.10 Å². The molecule has 0 aliphatic carbocycles. The van der Waals surface area contributed by atoms with Gasteiger partial charge in [-0.05, 0) is 60.2 Å². The van der Waals surface area contributed by atoms with E-state index >= 15 is 0 Å². The molecule has 0 heterocycles. The molecule has 0 aromatic heterocycles. The molecule has 0 saturated heterocycles. The van der Waals surface area contributed by atoms with Crippen LogP contribution in [0.25, 0.3) is 0 Å². The Morgan fingerprint density at radius 1 is 0.795 bits per heavy atom. The number of amides is 2. The van der Waals surface area contributed by atoms with Gasteiger partial charge in [0.2, 0.25) is 5.75 Å². The smallest absolute Gasteiger partial charge is 0.343 e. The third-order valence-electron chi connectivity index (χ3n) is 5.21. The molecule has 3 aromatic carbocycles. The minimum atomic E-state index is -0.679. The lowest BCUT2D eigenvalue weighted by atomic mass is 10.1. The molecule has 0 bridgehead atoms. The van der Waals surface area contributed by atoms with Crippen molar-refractivity contribution in [1.29, 1.82) is 0 Å². The Labute approximate surface area is 229 Å². The van der Waals surface area contributed by atoms with E-state index in [0.29, 0.717) is 33.4 Å². The van der Waals surface area contributed by atoms with E-state index in [9.17, 15) is 14.4 Å². The SMILES string of the molecule is COc1cc(/C=N/NC(=O)CNC(=O)c2ccc(Cl)cc2)ccc1OC(=O)c1cc(OC)c(OC)c(OC)c1. The van der Waals surface area contributed by atoms with Crippen LogP contribution >= 0.6 is 11.6 Å². The number of methoxy groups -OCH3 is 4. The van der Waals surface area contributed by atoms with Gasteiger partial charge in [0, 0.05) is 10.6 Å². The van der Waals surface area contributed by atoms with Crippen LogP contribution in [0.3, 0.4) is 0 Å². The predicted molar refractivity (Wildman–Crippen MR) is 144 cm³/mol. The second-order valence-corrected chi connectivity index (χ2v) is 8.13. The van der Waals surface area contributed by atoms with Gasteiger partial charge < -0.3 is 29.0 Å². The van der Waals surface area contributed by atoms with Gasteiger partial charge in [-0.25, -0.2) is 10.2 Å². The number of rotatable bonds is 11. The molecule has 0 aliphatic rings. The highest BCUT2D eigenvalue weighted by molar-refractivity contribution is 6.30. The molecule has 2 N–H and O–H groups in total. The van der Waals surface area contributed by atoms with Crippen LogP contribution in [0.4, 0.5) is 0 Å². The summed E-state index contributed by atoms with van der Waals surface area (Å²) in [5.41, 5.74) is 3.40. The van der Waals surface area contributed by atoms with Crippen molar-refractivity contribution in [3.05, 3.63) is 76.3 Å². The molecule has 0 spiro atoms. The highest BCUT2D eigenvalue weighted by Crippen LogP contribution is 2.38. The van der Waals surface area contributed by atoms with Gasteiger partial charge in [-0.1, -0.05) is 11.6 Å². The van der Waals surface area contributed by atoms with Crippen LogP contribution in [0.1, 0.15) is 26.3 Å². The molecule has 12 heteroatoms. The summed E-state index contributed by atoms with van der Waals surface area (Å²) in [6.45, 7) is -0.280. The lowest BCUT2D eigenvalue weighted by molar-refractivity contribution is -0.120. The van der Waals surface area contributed by atoms with Crippen molar-refractivity contribution in [2.45, 2.75) is 0 Å². The zero-order valence-corrected chi connectivity index (χ0v) is 22.3. The highest BCUT2D eigenvalue weighted by atomic mass is 35.5. The number of benzene rings is 3. The van der Waals surface area contributed by atoms with Crippen molar-refractivity contribution in [3.63, 3.8) is 0 Å². The van der Waals surface area contributed by atoms with E-state index in [1.807, 2.05) is 0 Å². The summed E-state index contributed by atoms with van der Waals surface area (Å²) in [7, 11) is 5.75. The monoisotopic (exact) mass is 555 g/mol. The van der Waals surface area contributed by atoms with E-state index in [1.165, 1.54) is 52.9 Å². The molecule has 3 rings (SSSR count). The standard InChI is InChI=1S/C27H26ClN3O8/c1-35-21-11-16(14-30-31-24(32)15-29-26(33)17-6-8-19(28)9-7-17)5-10-20(21)39-27(34)18-12-22(36-2)25(38-4)23(13-18)37-3/h5-14H,15H2,1-4H3,(H,29,33)(H,31,32)/b30-14+. The van der Waals surface area contributed by atoms with E-state index in [2.05, 4.69) is 15.8 Å². The number of hydrogen-bond donors (Lipinski definition) is 2. The molecular weight excluding hydrogens is 530 g/mol. The lowest BCUT2D eigenvalue weighted by Gasteiger charge is -2.14. The van der Waals surface area contributed by atoms with E-state index in [0.717, 1.165) is 0 Å². The first kappa shape index (κ1) is 28.8. The quantitative estimate of drug-likeness (QED) is 0.159. The molecule has 0 fully saturated rings. The maximum absolute atomic E-state index is 12.8. The predicted octanol–water partition coefficient (Wildman–Crippen LogP) is 3.47. The molecule has 0 unspecified atom stereocenters. The molecule has 204 valence electrons. The van der Waals surface area contributed by atoms with Crippen molar-refractivity contribution < 1.29 is 38.1 Å². The average molecular weight is 556 g/mol. The number of ether oxygens (including phenoxy) is 5. The van der Waals surface area contributed by atoms with Gasteiger partial charge in [0.05, 0.1) is 46.8 Å². The Balaban J connectivity index is 1.61. The van der Waals surface area contributed by atoms with Gasteiger partial charge in [0.1, 0.15) is 0 Å². The van der Waals surface area contributed by atoms with Crippen LogP contribution < -0.4 is 34.4 Å². The Morgan fingerprint density at radius 3 is 2.03 bits per heavy atom. The van der Waals surface area contributed by atoms with E-state index in [4.69, 9.17) is 35.3 Å². The van der Waals surface area contributed by atoms with E-state index in [-0.39, 0.29) is 23.6 Å². The van der Waals surface area contributed by atoms with Gasteiger partial charge in [0.25, 0.3) is 11.8 Å². The third kappa shape index (κ3) is 7.62. The maximum atomic E-state index is 12.8. The summed E-state index contributed by atoms with van der Waals surface area (Å²) in [4.78, 5) is 36.9. The van der Waals surface area contributed by atoms with Crippen LogP contribution in [0, 0.1) is 0 Å². The fourth-order valence-corrected chi connectivity index (χ4v) is 3.41. The fraction of sp³-hybridized carbons (Fsp3) is 0.185. The molecule has 0 saturated carbocycles. The van der Waals surface area contributed by atoms with Gasteiger partial charge in [-0.3, -0.25) is 9.59 Å². The van der Waals surface area contributed by atoms with Crippen LogP contribution in [-0.4, -0.2) is 59.0 Å². The molecule has 0 atom stereocenters. The Kier molecular flexibility index (Phi) is 10.1. The Hall–Kier alpha value is -4.77. The van der Waals surface area contributed by atoms with Crippen molar-refractivity contribution in [3.8, 4) is 28.7 Å². The summed E-state index contributed by atoms with van der Waals surface area (Å²) in [5, 5.41) is 6.86. The number of carbonyl (C=O) groups excluding carboxylic acids is 3. The van der Waals surface area contributed by atoms with Crippen LogP contribution in [-0.2, 0) is 4.79 Å². The topological polar surface area (TPSA) is 134 Å². The van der Waals surface area contributed by atoms with Crippen LogP contribution in [0.15, 0.2) is 59.7 Å². The molecule has 0 aliphatic heterocycles. The summed E-state index contributed by atoms with van der Waals surface area (Å²) < 4.78 is 26.7. The molecule has 2 amide bonds. The van der Waals surface area contributed by atoms with Gasteiger partial charge in [-0.2, -0.15) is 5.10 Å². The number of hydrazone groups is 1. The van der Waals surface area contributed by atoms with Crippen LogP contribution in [0.2, 0.25) is 5.02 Å². The average Bonchev–Trinajstić information content (AvgIpc) is 2.95. The van der Waals surface area contributed by atoms with Crippen molar-refractivity contribution in [2.75, 3.05) is 35.0 Å². The summed E-state index contributed by atoms with van der Waals surface area (Å²) in [6, 6.07) is 13.9. The number of nitrogens with one attached hydrogen (secondary N) is 2. The molecule has 0 radical (unpaired) electrons. The minimum Gasteiger partial charge on any atom is -0.493 e. The zero-order valence-electron chi connectivity index (χ0n) is 21.6. The van der Waals surface area contributed by atoms with Crippen molar-refractivity contribution >= 4 is 35.6 Å². The minimum absolute atomic E-state index is 0.155. The fourth-order valence-electron chi connectivity index (χ4n) is 3.29. The zero-order chi connectivity index (χ0) is 28.4. The first-order chi connectivity index (χ1) is 18.8. The first-order valence-electron chi connectivity index (χ1n) is 11.4. The number of carbonyl (C=O) groups is 3. The first-order valence-corrected chi connectivity index (χ1v) is 11.7. The number of nitrogens with zero attached hydrogens (tertiary/aromatic N) is 1. The van der Waals surface area contributed by atoms with Gasteiger partial charge >= 0.3 is 5.97 Å². The summed E-state index contributed by atoms with van der Waals surface area (Å²) >= 11 is 5.80. The molecule has 39 heavy (non-hydrogen) atoms. The third-order valence-corrected chi connectivity index (χ3v) is 5.46. The normalized spacial score (nSPS) is 10.5. The van der Waals surface area contributed by atoms with E-state index < -0.39 is 17.8 Å². The summed E-state index contributed by atoms with van der Waals surface area (Å²) in [6.07, 6.45) is 1.37. The Bertz CT molecular complexity index is 1350. The molecule has 3 aromatic rings.